The summed E-state index contributed by atoms with van der Waals surface area (Å²) in [5.74, 6) is 0.791. The van der Waals surface area contributed by atoms with Gasteiger partial charge in [-0.2, -0.15) is 0 Å². The fourth-order valence-corrected chi connectivity index (χ4v) is 3.95. The number of hydrogen-bond donors (Lipinski definition) is 2. The third kappa shape index (κ3) is 7.49. The van der Waals surface area contributed by atoms with Crippen LogP contribution in [-0.2, 0) is 0 Å². The van der Waals surface area contributed by atoms with Crippen molar-refractivity contribution in [3.8, 4) is 0 Å². The van der Waals surface area contributed by atoms with Crippen molar-refractivity contribution in [3.05, 3.63) is 72.2 Å². The minimum Gasteiger partial charge on any atom is -0.560 e. The van der Waals surface area contributed by atoms with Crippen LogP contribution in [0.1, 0.15) is 34.5 Å². The number of nitrogens with zero attached hydrogens (tertiary/aromatic N) is 5. The molecule has 2 aliphatic rings. The normalized spacial score (nSPS) is 17.8. The van der Waals surface area contributed by atoms with Crippen LogP contribution >= 0.6 is 0 Å². The quantitative estimate of drug-likeness (QED) is 0.237. The van der Waals surface area contributed by atoms with Gasteiger partial charge in [0.1, 0.15) is 12.9 Å². The molecule has 0 radical (unpaired) electrons. The summed E-state index contributed by atoms with van der Waals surface area (Å²) in [5, 5.41) is 6.19. The monoisotopic (exact) mass is 497 g/mol. The van der Waals surface area contributed by atoms with Gasteiger partial charge >= 0.3 is 51.4 Å². The molecule has 0 aliphatic carbocycles. The fourth-order valence-electron chi connectivity index (χ4n) is 3.95. The number of benzene rings is 1. The van der Waals surface area contributed by atoms with Gasteiger partial charge in [0.2, 0.25) is 0 Å². The molecular weight excluding hydrogens is 465 g/mol. The number of anilines is 2. The molecule has 1 amide bonds. The van der Waals surface area contributed by atoms with E-state index < -0.39 is 0 Å². The molecule has 178 valence electrons. The van der Waals surface area contributed by atoms with Crippen molar-refractivity contribution in [1.82, 2.24) is 15.2 Å². The summed E-state index contributed by atoms with van der Waals surface area (Å²) in [7, 11) is 4.09. The summed E-state index contributed by atoms with van der Waals surface area (Å²) >= 11 is 0. The number of aliphatic imine (C=N–C) groups is 1. The van der Waals surface area contributed by atoms with Crippen molar-refractivity contribution in [2.45, 2.75) is 19.9 Å². The first-order valence-electron chi connectivity index (χ1n) is 11.5. The van der Waals surface area contributed by atoms with Crippen LogP contribution in [0.5, 0.6) is 0 Å². The smallest absolute Gasteiger partial charge is 0.560 e. The molecule has 1 aromatic heterocycles. The van der Waals surface area contributed by atoms with E-state index in [1.807, 2.05) is 68.6 Å². The van der Waals surface area contributed by atoms with Gasteiger partial charge in [0.15, 0.2) is 0 Å². The predicted octanol–water partition coefficient (Wildman–Crippen LogP) is -0.347. The molecule has 4 rings (SSSR count). The predicted molar refractivity (Wildman–Crippen MR) is 136 cm³/mol. The van der Waals surface area contributed by atoms with Gasteiger partial charge in [-0.3, -0.25) is 4.79 Å². The van der Waals surface area contributed by atoms with Crippen LogP contribution < -0.4 is 66.9 Å². The van der Waals surface area contributed by atoms with E-state index in [1.54, 1.807) is 12.4 Å². The Morgan fingerprint density at radius 1 is 1.29 bits per heavy atom. The molecule has 0 spiro atoms. The van der Waals surface area contributed by atoms with Crippen molar-refractivity contribution in [2.75, 3.05) is 50.5 Å². The van der Waals surface area contributed by atoms with Crippen LogP contribution in [0.25, 0.3) is 0 Å². The van der Waals surface area contributed by atoms with E-state index in [1.165, 1.54) is 0 Å². The number of aromatic nitrogens is 1. The second kappa shape index (κ2) is 12.8. The number of pyridine rings is 1. The Labute approximate surface area is 250 Å². The number of piperazine rings is 1. The van der Waals surface area contributed by atoms with E-state index in [0.717, 1.165) is 54.5 Å². The van der Waals surface area contributed by atoms with Gasteiger partial charge in [-0.15, -0.1) is 6.20 Å². The Balaban J connectivity index is 0.00000342. The van der Waals surface area contributed by atoms with Gasteiger partial charge < -0.3 is 36.2 Å². The van der Waals surface area contributed by atoms with Gasteiger partial charge in [0, 0.05) is 44.1 Å². The summed E-state index contributed by atoms with van der Waals surface area (Å²) < 4.78 is 1.95. The van der Waals surface area contributed by atoms with E-state index >= 15 is 0 Å². The van der Waals surface area contributed by atoms with E-state index in [-0.39, 0.29) is 63.3 Å². The number of likely N-dealkylation sites (N-methyl/N-ethyl adjacent to an activating group) is 1. The number of nitrogens with one attached hydrogen (secondary N) is 2. The van der Waals surface area contributed by atoms with Crippen LogP contribution in [-0.4, -0.2) is 72.6 Å². The number of carbonyl (C=O) groups is 1. The number of amides is 1. The number of rotatable bonds is 7. The maximum atomic E-state index is 12.9. The summed E-state index contributed by atoms with van der Waals surface area (Å²) in [4.78, 5) is 26.4. The first-order chi connectivity index (χ1) is 16.4. The summed E-state index contributed by atoms with van der Waals surface area (Å²) in [6.07, 6.45) is 8.23. The molecule has 35 heavy (non-hydrogen) atoms. The molecule has 2 N–H and O–H groups in total. The van der Waals surface area contributed by atoms with E-state index in [0.29, 0.717) is 5.56 Å². The van der Waals surface area contributed by atoms with Crippen molar-refractivity contribution in [3.63, 3.8) is 0 Å². The van der Waals surface area contributed by atoms with Gasteiger partial charge in [-0.05, 0) is 50.2 Å². The molecule has 2 aromatic rings. The molecule has 2 aliphatic heterocycles. The number of aryl methyl sites for hydroxylation is 1. The molecule has 8 nitrogen and oxygen atoms in total. The van der Waals surface area contributed by atoms with Crippen molar-refractivity contribution >= 4 is 29.3 Å². The SMILES string of the molecule is Cc1cc(C(=O)Nc2cccc(C(C)N[C-]=CN=C3C=[N+](C)[CH-]3)c2)cnc1N1CCN(C)CC1.[K+]. The first kappa shape index (κ1) is 27.6. The van der Waals surface area contributed by atoms with E-state index in [9.17, 15) is 4.79 Å². The molecule has 1 saturated heterocycles. The zero-order valence-electron chi connectivity index (χ0n) is 21.2. The van der Waals surface area contributed by atoms with Crippen molar-refractivity contribution in [2.24, 2.45) is 4.99 Å². The Kier molecular flexibility index (Phi) is 10.1. The van der Waals surface area contributed by atoms with E-state index in [2.05, 4.69) is 43.7 Å². The molecule has 1 aromatic carbocycles. The minimum absolute atomic E-state index is 0. The fraction of sp³-hybridized carbons (Fsp3) is 0.346. The second-order valence-electron chi connectivity index (χ2n) is 8.85. The number of hydrogen-bond acceptors (Lipinski definition) is 6. The van der Waals surface area contributed by atoms with Gasteiger partial charge in [0.05, 0.1) is 24.0 Å². The zero-order valence-corrected chi connectivity index (χ0v) is 24.4. The topological polar surface area (TPSA) is 75.9 Å². The van der Waals surface area contributed by atoms with Crippen LogP contribution in [0.2, 0.25) is 0 Å². The second-order valence-corrected chi connectivity index (χ2v) is 8.85. The molecule has 1 atom stereocenters. The number of carbonyl (C=O) groups excluding carboxylic acids is 1. The van der Waals surface area contributed by atoms with Crippen LogP contribution in [0.4, 0.5) is 11.5 Å². The average Bonchev–Trinajstić information content (AvgIpc) is 2.81. The maximum absolute atomic E-state index is 12.9. The molecule has 0 saturated carbocycles. The van der Waals surface area contributed by atoms with Gasteiger partial charge in [-0.25, -0.2) is 4.98 Å². The van der Waals surface area contributed by atoms with Crippen LogP contribution in [0.3, 0.4) is 0 Å². The summed E-state index contributed by atoms with van der Waals surface area (Å²) in [5.41, 5.74) is 4.25. The van der Waals surface area contributed by atoms with Gasteiger partial charge in [0.25, 0.3) is 5.91 Å². The molecule has 1 fully saturated rings. The van der Waals surface area contributed by atoms with Crippen LogP contribution in [0.15, 0.2) is 47.7 Å². The third-order valence-electron chi connectivity index (χ3n) is 6.01. The van der Waals surface area contributed by atoms with Crippen molar-refractivity contribution in [1.29, 1.82) is 0 Å². The molecule has 3 heterocycles. The summed E-state index contributed by atoms with van der Waals surface area (Å²) in [6, 6.07) is 9.72. The largest absolute Gasteiger partial charge is 1.00 e. The zero-order chi connectivity index (χ0) is 24.1. The molecule has 0 bridgehead atoms. The van der Waals surface area contributed by atoms with Gasteiger partial charge in [-0.1, -0.05) is 12.1 Å². The third-order valence-corrected chi connectivity index (χ3v) is 6.01. The first-order valence-corrected chi connectivity index (χ1v) is 11.5. The molecule has 9 heteroatoms. The van der Waals surface area contributed by atoms with E-state index in [4.69, 9.17) is 0 Å². The van der Waals surface area contributed by atoms with Crippen molar-refractivity contribution < 1.29 is 60.8 Å². The van der Waals surface area contributed by atoms with Crippen LogP contribution in [0, 0.1) is 19.7 Å². The Morgan fingerprint density at radius 2 is 2.03 bits per heavy atom. The minimum atomic E-state index is -0.168. The maximum Gasteiger partial charge on any atom is 1.00 e. The Hall–Kier alpha value is -2.01. The molecular formula is C26H32KN7O. The average molecular weight is 498 g/mol. The Bertz CT molecular complexity index is 1140. The summed E-state index contributed by atoms with van der Waals surface area (Å²) in [6.45, 7) is 9.92. The molecule has 1 unspecified atom stereocenters. The standard InChI is InChI=1S/C26H32N7O.K/c1-19-14-22(16-29-25(19)33-12-10-31(3)11-13-33)26(34)30-23-7-5-6-21(15-23)20(2)27-8-9-28-24-17-32(4)18-24;/h5-7,9,14-18,20,27H,10-13H2,1-4H3,(H,30,34);/q-1;+1. The Morgan fingerprint density at radius 3 is 2.71 bits per heavy atom.